The number of rotatable bonds is 7. The second kappa shape index (κ2) is 7.10. The molecule has 0 radical (unpaired) electrons. The van der Waals surface area contributed by atoms with E-state index in [4.69, 9.17) is 4.74 Å². The van der Waals surface area contributed by atoms with Crippen LogP contribution in [0.4, 0.5) is 0 Å². The molecule has 0 saturated carbocycles. The van der Waals surface area contributed by atoms with Crippen molar-refractivity contribution in [1.82, 2.24) is 15.1 Å². The van der Waals surface area contributed by atoms with E-state index in [2.05, 4.69) is 35.7 Å². The van der Waals surface area contributed by atoms with Crippen LogP contribution < -0.4 is 10.1 Å². The number of nitrogens with one attached hydrogen (secondary N) is 1. The molecule has 1 N–H and O–H groups in total. The summed E-state index contributed by atoms with van der Waals surface area (Å²) < 4.78 is 7.12. The molecular weight excluding hydrogens is 250 g/mol. The van der Waals surface area contributed by atoms with Crippen molar-refractivity contribution in [2.75, 3.05) is 13.7 Å². The summed E-state index contributed by atoms with van der Waals surface area (Å²) in [7, 11) is 3.67. The van der Waals surface area contributed by atoms with Gasteiger partial charge in [-0.1, -0.05) is 19.1 Å². The van der Waals surface area contributed by atoms with Crippen molar-refractivity contribution < 1.29 is 4.74 Å². The number of methoxy groups -OCH3 is 1. The second-order valence-electron chi connectivity index (χ2n) is 4.91. The normalized spacial score (nSPS) is 10.8. The molecule has 4 heteroatoms. The van der Waals surface area contributed by atoms with Gasteiger partial charge in [0.1, 0.15) is 5.75 Å². The average Bonchev–Trinajstić information content (AvgIpc) is 2.84. The monoisotopic (exact) mass is 273 g/mol. The Balaban J connectivity index is 1.81. The predicted octanol–water partition coefficient (Wildman–Crippen LogP) is 2.32. The molecule has 1 heterocycles. The Labute approximate surface area is 120 Å². The second-order valence-corrected chi connectivity index (χ2v) is 4.91. The molecule has 1 aromatic carbocycles. The van der Waals surface area contributed by atoms with E-state index in [9.17, 15) is 0 Å². The third-order valence-corrected chi connectivity index (χ3v) is 3.37. The van der Waals surface area contributed by atoms with Gasteiger partial charge in [0.2, 0.25) is 0 Å². The first-order chi connectivity index (χ1) is 9.72. The van der Waals surface area contributed by atoms with Crippen LogP contribution >= 0.6 is 0 Å². The molecule has 0 aliphatic rings. The fraction of sp³-hybridized carbons (Fsp3) is 0.438. The molecule has 20 heavy (non-hydrogen) atoms. The highest BCUT2D eigenvalue weighted by molar-refractivity contribution is 5.28. The number of nitrogens with zero attached hydrogens (tertiary/aromatic N) is 2. The Hall–Kier alpha value is -1.81. The summed E-state index contributed by atoms with van der Waals surface area (Å²) in [6.45, 7) is 3.97. The van der Waals surface area contributed by atoms with Crippen LogP contribution in [0.1, 0.15) is 23.7 Å². The topological polar surface area (TPSA) is 39.1 Å². The first-order valence-corrected chi connectivity index (χ1v) is 7.08. The van der Waals surface area contributed by atoms with E-state index < -0.39 is 0 Å². The average molecular weight is 273 g/mol. The smallest absolute Gasteiger partial charge is 0.119 e. The lowest BCUT2D eigenvalue weighted by Gasteiger charge is -2.06. The molecule has 0 aliphatic heterocycles. The van der Waals surface area contributed by atoms with Gasteiger partial charge in [-0.05, 0) is 37.1 Å². The molecule has 1 aromatic heterocycles. The summed E-state index contributed by atoms with van der Waals surface area (Å²) in [4.78, 5) is 0. The van der Waals surface area contributed by atoms with E-state index in [0.717, 1.165) is 31.7 Å². The highest BCUT2D eigenvalue weighted by Crippen LogP contribution is 2.12. The quantitative estimate of drug-likeness (QED) is 0.787. The Morgan fingerprint density at radius 3 is 2.95 bits per heavy atom. The maximum absolute atomic E-state index is 5.23. The molecule has 0 unspecified atom stereocenters. The fourth-order valence-corrected chi connectivity index (χ4v) is 2.31. The minimum absolute atomic E-state index is 0.876. The lowest BCUT2D eigenvalue weighted by molar-refractivity contribution is 0.414. The minimum Gasteiger partial charge on any atom is -0.497 e. The SMILES string of the molecule is CCc1nn(C)cc1CNCCc1cccc(OC)c1. The molecule has 2 aromatic rings. The van der Waals surface area contributed by atoms with Crippen molar-refractivity contribution in [3.05, 3.63) is 47.3 Å². The maximum atomic E-state index is 5.23. The van der Waals surface area contributed by atoms with E-state index in [1.54, 1.807) is 7.11 Å². The largest absolute Gasteiger partial charge is 0.497 e. The molecule has 4 nitrogen and oxygen atoms in total. The van der Waals surface area contributed by atoms with Gasteiger partial charge in [0.25, 0.3) is 0 Å². The number of aryl methyl sites for hydroxylation is 2. The molecule has 108 valence electrons. The zero-order valence-corrected chi connectivity index (χ0v) is 12.5. The Kier molecular flexibility index (Phi) is 5.18. The predicted molar refractivity (Wildman–Crippen MR) is 81.0 cm³/mol. The van der Waals surface area contributed by atoms with Crippen LogP contribution in [0, 0.1) is 0 Å². The molecule has 0 spiro atoms. The summed E-state index contributed by atoms with van der Waals surface area (Å²) in [5.41, 5.74) is 3.76. The van der Waals surface area contributed by atoms with Crippen LogP contribution in [0.25, 0.3) is 0 Å². The Bertz CT molecular complexity index is 548. The Morgan fingerprint density at radius 2 is 2.20 bits per heavy atom. The summed E-state index contributed by atoms with van der Waals surface area (Å²) >= 11 is 0. The van der Waals surface area contributed by atoms with Gasteiger partial charge in [-0.15, -0.1) is 0 Å². The van der Waals surface area contributed by atoms with Gasteiger partial charge in [0, 0.05) is 25.4 Å². The minimum atomic E-state index is 0.876. The number of hydrogen-bond acceptors (Lipinski definition) is 3. The number of ether oxygens (including phenoxy) is 1. The van der Waals surface area contributed by atoms with E-state index >= 15 is 0 Å². The summed E-state index contributed by atoms with van der Waals surface area (Å²) in [5, 5.41) is 7.93. The fourth-order valence-electron chi connectivity index (χ4n) is 2.31. The third-order valence-electron chi connectivity index (χ3n) is 3.37. The van der Waals surface area contributed by atoms with Gasteiger partial charge in [0.05, 0.1) is 12.8 Å². The third kappa shape index (κ3) is 3.84. The highest BCUT2D eigenvalue weighted by atomic mass is 16.5. The standard InChI is InChI=1S/C16H23N3O/c1-4-16-14(12-19(2)18-16)11-17-9-8-13-6-5-7-15(10-13)20-3/h5-7,10,12,17H,4,8-9,11H2,1-3H3. The maximum Gasteiger partial charge on any atom is 0.119 e. The van der Waals surface area contributed by atoms with E-state index in [0.29, 0.717) is 0 Å². The molecule has 0 bridgehead atoms. The van der Waals surface area contributed by atoms with Crippen LogP contribution in [0.5, 0.6) is 5.75 Å². The van der Waals surface area contributed by atoms with E-state index in [1.165, 1.54) is 16.8 Å². The molecule has 0 fully saturated rings. The molecular formula is C16H23N3O. The number of benzene rings is 1. The molecule has 0 saturated heterocycles. The first-order valence-electron chi connectivity index (χ1n) is 7.08. The molecule has 2 rings (SSSR count). The lowest BCUT2D eigenvalue weighted by atomic mass is 10.1. The van der Waals surface area contributed by atoms with Gasteiger partial charge in [0.15, 0.2) is 0 Å². The molecule has 0 amide bonds. The van der Waals surface area contributed by atoms with E-state index in [1.807, 2.05) is 23.9 Å². The van der Waals surface area contributed by atoms with Crippen molar-refractivity contribution in [2.45, 2.75) is 26.3 Å². The summed E-state index contributed by atoms with van der Waals surface area (Å²) in [6.07, 6.45) is 4.07. The number of aromatic nitrogens is 2. The van der Waals surface area contributed by atoms with Crippen LogP contribution in [-0.4, -0.2) is 23.4 Å². The van der Waals surface area contributed by atoms with Crippen molar-refractivity contribution in [3.8, 4) is 5.75 Å². The lowest BCUT2D eigenvalue weighted by Crippen LogP contribution is -2.17. The van der Waals surface area contributed by atoms with Crippen molar-refractivity contribution in [3.63, 3.8) is 0 Å². The molecule has 0 atom stereocenters. The van der Waals surface area contributed by atoms with Gasteiger partial charge in [-0.3, -0.25) is 4.68 Å². The van der Waals surface area contributed by atoms with Crippen molar-refractivity contribution in [2.24, 2.45) is 7.05 Å². The van der Waals surface area contributed by atoms with Crippen LogP contribution in [0.15, 0.2) is 30.5 Å². The van der Waals surface area contributed by atoms with E-state index in [-0.39, 0.29) is 0 Å². The first kappa shape index (κ1) is 14.6. The number of hydrogen-bond donors (Lipinski definition) is 1. The van der Waals surface area contributed by atoms with Crippen LogP contribution in [-0.2, 0) is 26.4 Å². The zero-order valence-electron chi connectivity index (χ0n) is 12.5. The summed E-state index contributed by atoms with van der Waals surface area (Å²) in [6, 6.07) is 8.22. The van der Waals surface area contributed by atoms with Crippen molar-refractivity contribution in [1.29, 1.82) is 0 Å². The van der Waals surface area contributed by atoms with Gasteiger partial charge in [-0.2, -0.15) is 5.10 Å². The van der Waals surface area contributed by atoms with Crippen LogP contribution in [0.2, 0.25) is 0 Å². The molecule has 0 aliphatic carbocycles. The van der Waals surface area contributed by atoms with Gasteiger partial charge < -0.3 is 10.1 Å². The Morgan fingerprint density at radius 1 is 1.35 bits per heavy atom. The highest BCUT2D eigenvalue weighted by Gasteiger charge is 2.04. The zero-order chi connectivity index (χ0) is 14.4. The van der Waals surface area contributed by atoms with Crippen LogP contribution in [0.3, 0.4) is 0 Å². The summed E-state index contributed by atoms with van der Waals surface area (Å²) in [5.74, 6) is 0.919. The van der Waals surface area contributed by atoms with Gasteiger partial charge in [-0.25, -0.2) is 0 Å². The van der Waals surface area contributed by atoms with Gasteiger partial charge >= 0.3 is 0 Å². The van der Waals surface area contributed by atoms with Crippen molar-refractivity contribution >= 4 is 0 Å².